The van der Waals surface area contributed by atoms with Crippen molar-refractivity contribution in [2.45, 2.75) is 17.7 Å². The number of benzene rings is 2. The lowest BCUT2D eigenvalue weighted by molar-refractivity contribution is 0.0693. The summed E-state index contributed by atoms with van der Waals surface area (Å²) >= 11 is 0. The monoisotopic (exact) mass is 288 g/mol. The Morgan fingerprint density at radius 2 is 1.65 bits per heavy atom. The third-order valence-corrected chi connectivity index (χ3v) is 4.51. The summed E-state index contributed by atoms with van der Waals surface area (Å²) in [5.74, 6) is -0.559. The van der Waals surface area contributed by atoms with Gasteiger partial charge in [-0.25, -0.2) is 4.79 Å². The first kappa shape index (κ1) is 14.5. The Bertz CT molecular complexity index is 608. The second-order valence-corrected chi connectivity index (χ2v) is 5.98. The molecule has 1 unspecified atom stereocenters. The summed E-state index contributed by atoms with van der Waals surface area (Å²) in [6.07, 6.45) is 1.62. The van der Waals surface area contributed by atoms with Crippen molar-refractivity contribution in [1.29, 1.82) is 0 Å². The summed E-state index contributed by atoms with van der Waals surface area (Å²) in [7, 11) is -1.27. The van der Waals surface area contributed by atoms with E-state index < -0.39 is 16.8 Å². The zero-order valence-electron chi connectivity index (χ0n) is 11.0. The molecule has 0 aliphatic carbocycles. The van der Waals surface area contributed by atoms with Crippen LogP contribution in [0.5, 0.6) is 0 Å². The largest absolute Gasteiger partial charge is 0.478 e. The van der Waals surface area contributed by atoms with E-state index in [0.29, 0.717) is 10.6 Å². The zero-order valence-corrected chi connectivity index (χ0v) is 11.8. The molecular weight excluding hydrogens is 272 g/mol. The number of hydrogen-bond acceptors (Lipinski definition) is 2. The lowest BCUT2D eigenvalue weighted by Gasteiger charge is -2.06. The fourth-order valence-corrected chi connectivity index (χ4v) is 3.26. The van der Waals surface area contributed by atoms with Gasteiger partial charge < -0.3 is 5.11 Å². The molecule has 0 saturated heterocycles. The zero-order chi connectivity index (χ0) is 14.4. The first-order valence-corrected chi connectivity index (χ1v) is 7.75. The molecular formula is C16H16O3S. The molecule has 2 aromatic carbocycles. The van der Waals surface area contributed by atoms with Crippen molar-refractivity contribution in [2.24, 2.45) is 0 Å². The Kier molecular flexibility index (Phi) is 5.07. The van der Waals surface area contributed by atoms with Gasteiger partial charge in [0.15, 0.2) is 0 Å². The molecule has 1 atom stereocenters. The molecule has 4 heteroatoms. The number of rotatable bonds is 6. The van der Waals surface area contributed by atoms with Gasteiger partial charge in [-0.15, -0.1) is 0 Å². The molecule has 20 heavy (non-hydrogen) atoms. The maximum absolute atomic E-state index is 12.2. The fourth-order valence-electron chi connectivity index (χ4n) is 2.00. The first-order valence-electron chi connectivity index (χ1n) is 6.43. The summed E-state index contributed by atoms with van der Waals surface area (Å²) in [6, 6.07) is 16.5. The molecule has 0 bridgehead atoms. The van der Waals surface area contributed by atoms with Crippen molar-refractivity contribution < 1.29 is 14.1 Å². The summed E-state index contributed by atoms with van der Waals surface area (Å²) in [5, 5.41) is 9.08. The third-order valence-electron chi connectivity index (χ3n) is 3.00. The minimum atomic E-state index is -1.27. The SMILES string of the molecule is O=C(O)c1ccccc1S(=O)CCCc1ccccc1. The number of aryl methyl sites for hydroxylation is 1. The second kappa shape index (κ2) is 7.01. The van der Waals surface area contributed by atoms with Gasteiger partial charge in [0.25, 0.3) is 0 Å². The molecule has 0 saturated carbocycles. The van der Waals surface area contributed by atoms with Gasteiger partial charge in [-0.1, -0.05) is 42.5 Å². The molecule has 2 rings (SSSR count). The highest BCUT2D eigenvalue weighted by Gasteiger charge is 2.14. The Hall–Kier alpha value is -1.94. The van der Waals surface area contributed by atoms with Crippen LogP contribution in [0.25, 0.3) is 0 Å². The summed E-state index contributed by atoms with van der Waals surface area (Å²) in [4.78, 5) is 11.5. The van der Waals surface area contributed by atoms with E-state index in [1.165, 1.54) is 11.6 Å². The molecule has 0 amide bonds. The Balaban J connectivity index is 1.97. The number of carbonyl (C=O) groups is 1. The van der Waals surface area contributed by atoms with Crippen molar-refractivity contribution >= 4 is 16.8 Å². The quantitative estimate of drug-likeness (QED) is 0.888. The number of carboxylic acids is 1. The van der Waals surface area contributed by atoms with E-state index in [0.717, 1.165) is 12.8 Å². The molecule has 0 spiro atoms. The van der Waals surface area contributed by atoms with E-state index in [1.54, 1.807) is 18.2 Å². The highest BCUT2D eigenvalue weighted by Crippen LogP contribution is 2.15. The second-order valence-electron chi connectivity index (χ2n) is 4.44. The maximum atomic E-state index is 12.2. The van der Waals surface area contributed by atoms with Crippen molar-refractivity contribution in [3.8, 4) is 0 Å². The van der Waals surface area contributed by atoms with Crippen LogP contribution < -0.4 is 0 Å². The molecule has 104 valence electrons. The van der Waals surface area contributed by atoms with Crippen LogP contribution >= 0.6 is 0 Å². The predicted molar refractivity (Wildman–Crippen MR) is 79.4 cm³/mol. The smallest absolute Gasteiger partial charge is 0.336 e. The van der Waals surface area contributed by atoms with Crippen LogP contribution in [-0.4, -0.2) is 21.0 Å². The van der Waals surface area contributed by atoms with Gasteiger partial charge in [-0.05, 0) is 30.5 Å². The lowest BCUT2D eigenvalue weighted by Crippen LogP contribution is -2.07. The van der Waals surface area contributed by atoms with Gasteiger partial charge in [-0.3, -0.25) is 4.21 Å². The van der Waals surface area contributed by atoms with Crippen molar-refractivity contribution in [1.82, 2.24) is 0 Å². The molecule has 0 aromatic heterocycles. The van der Waals surface area contributed by atoms with E-state index in [2.05, 4.69) is 0 Å². The van der Waals surface area contributed by atoms with Crippen LogP contribution in [0.1, 0.15) is 22.3 Å². The van der Waals surface area contributed by atoms with Crippen LogP contribution in [-0.2, 0) is 17.2 Å². The third kappa shape index (κ3) is 3.78. The molecule has 2 aromatic rings. The van der Waals surface area contributed by atoms with Crippen LogP contribution in [0.4, 0.5) is 0 Å². The normalized spacial score (nSPS) is 12.0. The Morgan fingerprint density at radius 3 is 2.35 bits per heavy atom. The highest BCUT2D eigenvalue weighted by molar-refractivity contribution is 7.85. The summed E-state index contributed by atoms with van der Waals surface area (Å²) in [5.41, 5.74) is 1.33. The molecule has 0 heterocycles. The Labute approximate surface area is 120 Å². The van der Waals surface area contributed by atoms with E-state index >= 15 is 0 Å². The van der Waals surface area contributed by atoms with E-state index in [4.69, 9.17) is 5.11 Å². The Morgan fingerprint density at radius 1 is 1.00 bits per heavy atom. The van der Waals surface area contributed by atoms with Crippen LogP contribution in [0.15, 0.2) is 59.5 Å². The van der Waals surface area contributed by atoms with Crippen LogP contribution in [0.2, 0.25) is 0 Å². The van der Waals surface area contributed by atoms with E-state index in [9.17, 15) is 9.00 Å². The number of carboxylic acid groups (broad SMARTS) is 1. The topological polar surface area (TPSA) is 54.4 Å². The van der Waals surface area contributed by atoms with Crippen molar-refractivity contribution in [3.63, 3.8) is 0 Å². The fraction of sp³-hybridized carbons (Fsp3) is 0.188. The lowest BCUT2D eigenvalue weighted by atomic mass is 10.1. The van der Waals surface area contributed by atoms with Gasteiger partial charge in [0.2, 0.25) is 0 Å². The average molecular weight is 288 g/mol. The minimum Gasteiger partial charge on any atom is -0.478 e. The molecule has 0 aliphatic heterocycles. The highest BCUT2D eigenvalue weighted by atomic mass is 32.2. The molecule has 0 fully saturated rings. The maximum Gasteiger partial charge on any atom is 0.336 e. The van der Waals surface area contributed by atoms with Gasteiger partial charge in [0.1, 0.15) is 0 Å². The summed E-state index contributed by atoms with van der Waals surface area (Å²) in [6.45, 7) is 0. The first-order chi connectivity index (χ1) is 9.68. The number of aromatic carboxylic acids is 1. The predicted octanol–water partition coefficient (Wildman–Crippen LogP) is 3.13. The summed E-state index contributed by atoms with van der Waals surface area (Å²) < 4.78 is 12.2. The standard InChI is InChI=1S/C16H16O3S/c17-16(18)14-10-4-5-11-15(14)20(19)12-6-9-13-7-2-1-3-8-13/h1-5,7-8,10-11H,6,9,12H2,(H,17,18). The molecule has 0 aliphatic rings. The van der Waals surface area contributed by atoms with Crippen LogP contribution in [0, 0.1) is 0 Å². The van der Waals surface area contributed by atoms with Gasteiger partial charge >= 0.3 is 5.97 Å². The van der Waals surface area contributed by atoms with Crippen LogP contribution in [0.3, 0.4) is 0 Å². The van der Waals surface area contributed by atoms with Crippen molar-refractivity contribution in [3.05, 3.63) is 65.7 Å². The molecule has 3 nitrogen and oxygen atoms in total. The van der Waals surface area contributed by atoms with Crippen molar-refractivity contribution in [2.75, 3.05) is 5.75 Å². The number of hydrogen-bond donors (Lipinski definition) is 1. The average Bonchev–Trinajstić information content (AvgIpc) is 2.48. The minimum absolute atomic E-state index is 0.130. The van der Waals surface area contributed by atoms with E-state index in [-0.39, 0.29) is 5.56 Å². The van der Waals surface area contributed by atoms with Gasteiger partial charge in [0.05, 0.1) is 21.3 Å². The molecule has 1 N–H and O–H groups in total. The molecule has 0 radical (unpaired) electrons. The van der Waals surface area contributed by atoms with Gasteiger partial charge in [0, 0.05) is 5.75 Å². The van der Waals surface area contributed by atoms with Gasteiger partial charge in [-0.2, -0.15) is 0 Å². The van der Waals surface area contributed by atoms with E-state index in [1.807, 2.05) is 30.3 Å².